The van der Waals surface area contributed by atoms with Crippen LogP contribution in [-0.4, -0.2) is 12.0 Å². The summed E-state index contributed by atoms with van der Waals surface area (Å²) in [6.45, 7) is 3.85. The van der Waals surface area contributed by atoms with Crippen molar-refractivity contribution >= 4 is 45.4 Å². The van der Waals surface area contributed by atoms with E-state index in [0.717, 1.165) is 24.8 Å². The quantitative estimate of drug-likeness (QED) is 0.730. The zero-order valence-corrected chi connectivity index (χ0v) is 16.8. The van der Waals surface area contributed by atoms with Crippen molar-refractivity contribution in [1.29, 1.82) is 5.26 Å². The van der Waals surface area contributed by atoms with Crippen LogP contribution in [0.5, 0.6) is 5.75 Å². The summed E-state index contributed by atoms with van der Waals surface area (Å²) in [7, 11) is 0. The highest BCUT2D eigenvalue weighted by Crippen LogP contribution is 2.39. The Balaban J connectivity index is 1.74. The van der Waals surface area contributed by atoms with Crippen LogP contribution in [-0.2, 0) is 17.6 Å². The average molecular weight is 409 g/mol. The molecule has 26 heavy (non-hydrogen) atoms. The molecule has 7 heteroatoms. The average Bonchev–Trinajstić information content (AvgIpc) is 2.93. The molecule has 0 spiro atoms. The number of thiophene rings is 1. The van der Waals surface area contributed by atoms with Crippen molar-refractivity contribution in [3.63, 3.8) is 0 Å². The molecule has 2 aromatic rings. The summed E-state index contributed by atoms with van der Waals surface area (Å²) in [5.74, 6) is 0.670. The lowest BCUT2D eigenvalue weighted by atomic mass is 9.88. The first-order chi connectivity index (χ1) is 12.4. The zero-order valence-electron chi connectivity index (χ0n) is 14.4. The van der Waals surface area contributed by atoms with E-state index in [9.17, 15) is 10.1 Å². The molecule has 0 saturated carbocycles. The maximum Gasteiger partial charge on any atom is 0.265 e. The van der Waals surface area contributed by atoms with Crippen LogP contribution in [0.4, 0.5) is 5.00 Å². The van der Waals surface area contributed by atoms with Crippen molar-refractivity contribution < 1.29 is 9.53 Å². The molecule has 4 nitrogen and oxygen atoms in total. The van der Waals surface area contributed by atoms with Gasteiger partial charge in [0.25, 0.3) is 5.91 Å². The summed E-state index contributed by atoms with van der Waals surface area (Å²) >= 11 is 13.4. The molecule has 1 amide bonds. The first-order valence-corrected chi connectivity index (χ1v) is 9.93. The van der Waals surface area contributed by atoms with Crippen LogP contribution in [0.15, 0.2) is 18.2 Å². The Labute approximate surface area is 166 Å². The molecule has 0 radical (unpaired) electrons. The van der Waals surface area contributed by atoms with E-state index in [1.807, 2.05) is 0 Å². The number of nitriles is 1. The highest BCUT2D eigenvalue weighted by molar-refractivity contribution is 7.16. The Kier molecular flexibility index (Phi) is 5.76. The maximum absolute atomic E-state index is 12.5. The Morgan fingerprint density at radius 1 is 1.46 bits per heavy atom. The maximum atomic E-state index is 12.5. The second-order valence-corrected chi connectivity index (χ2v) is 8.44. The van der Waals surface area contributed by atoms with Crippen molar-refractivity contribution in [3.05, 3.63) is 44.2 Å². The fourth-order valence-electron chi connectivity index (χ4n) is 2.99. The van der Waals surface area contributed by atoms with E-state index in [0.29, 0.717) is 32.3 Å². The van der Waals surface area contributed by atoms with Crippen molar-refractivity contribution in [2.24, 2.45) is 5.92 Å². The molecule has 1 aromatic heterocycles. The molecule has 0 aliphatic heterocycles. The lowest BCUT2D eigenvalue weighted by Crippen LogP contribution is -2.30. The van der Waals surface area contributed by atoms with Crippen LogP contribution in [0, 0.1) is 17.2 Å². The molecule has 1 aromatic carbocycles. The van der Waals surface area contributed by atoms with Gasteiger partial charge in [0.05, 0.1) is 10.6 Å². The number of fused-ring (bicyclic) bond motifs is 1. The van der Waals surface area contributed by atoms with E-state index in [4.69, 9.17) is 27.9 Å². The Bertz CT molecular complexity index is 888. The molecule has 136 valence electrons. The molecule has 1 N–H and O–H groups in total. The van der Waals surface area contributed by atoms with Gasteiger partial charge >= 0.3 is 0 Å². The highest BCUT2D eigenvalue weighted by atomic mass is 35.5. The predicted octanol–water partition coefficient (Wildman–Crippen LogP) is 5.46. The number of halogens is 2. The number of nitrogens with one attached hydrogen (secondary N) is 1. The van der Waals surface area contributed by atoms with Gasteiger partial charge in [-0.3, -0.25) is 4.79 Å². The fourth-order valence-corrected chi connectivity index (χ4v) is 4.80. The number of carbonyl (C=O) groups excluding carboxylic acids is 1. The van der Waals surface area contributed by atoms with E-state index in [2.05, 4.69) is 18.3 Å². The number of hydrogen-bond acceptors (Lipinski definition) is 4. The minimum absolute atomic E-state index is 0.320. The third-order valence-electron chi connectivity index (χ3n) is 4.43. The molecule has 3 rings (SSSR count). The van der Waals surface area contributed by atoms with Gasteiger partial charge in [-0.15, -0.1) is 11.3 Å². The lowest BCUT2D eigenvalue weighted by molar-refractivity contribution is -0.122. The molecular formula is C19H18Cl2N2O2S. The first kappa shape index (κ1) is 19.0. The molecule has 0 fully saturated rings. The van der Waals surface area contributed by atoms with E-state index in [-0.39, 0.29) is 5.91 Å². The second kappa shape index (κ2) is 7.87. The molecule has 0 bridgehead atoms. The van der Waals surface area contributed by atoms with Crippen molar-refractivity contribution in [2.45, 2.75) is 39.2 Å². The fraction of sp³-hybridized carbons (Fsp3) is 0.368. The molecule has 0 unspecified atom stereocenters. The number of benzene rings is 1. The van der Waals surface area contributed by atoms with Gasteiger partial charge in [-0.2, -0.15) is 5.26 Å². The number of hydrogen-bond donors (Lipinski definition) is 1. The van der Waals surface area contributed by atoms with Crippen molar-refractivity contribution in [3.8, 4) is 11.8 Å². The minimum atomic E-state index is -0.765. The summed E-state index contributed by atoms with van der Waals surface area (Å²) in [4.78, 5) is 13.7. The summed E-state index contributed by atoms with van der Waals surface area (Å²) in [5.41, 5.74) is 1.67. The van der Waals surface area contributed by atoms with E-state index >= 15 is 0 Å². The monoisotopic (exact) mass is 408 g/mol. The van der Waals surface area contributed by atoms with Gasteiger partial charge in [-0.1, -0.05) is 30.1 Å². The molecule has 1 heterocycles. The predicted molar refractivity (Wildman–Crippen MR) is 105 cm³/mol. The standard InChI is InChI=1S/C19H18Cl2N2O2S/c1-10-3-5-13-14(9-22)19(26-17(13)7-10)23-18(24)11(2)25-16-6-4-12(20)8-15(16)21/h4,6,8,10-11H,3,5,7H2,1-2H3,(H,23,24)/t10-,11+/m0/s1. The van der Waals surface area contributed by atoms with Crippen molar-refractivity contribution in [2.75, 3.05) is 5.32 Å². The van der Waals surface area contributed by atoms with Crippen LogP contribution in [0.1, 0.15) is 36.3 Å². The Morgan fingerprint density at radius 3 is 2.92 bits per heavy atom. The number of anilines is 1. The van der Waals surface area contributed by atoms with Gasteiger partial charge < -0.3 is 10.1 Å². The van der Waals surface area contributed by atoms with E-state index < -0.39 is 6.10 Å². The van der Waals surface area contributed by atoms with Crippen LogP contribution >= 0.6 is 34.5 Å². The van der Waals surface area contributed by atoms with Gasteiger partial charge in [0.2, 0.25) is 0 Å². The smallest absolute Gasteiger partial charge is 0.265 e. The van der Waals surface area contributed by atoms with Gasteiger partial charge in [0, 0.05) is 9.90 Å². The molecule has 1 aliphatic rings. The Morgan fingerprint density at radius 2 is 2.23 bits per heavy atom. The number of nitrogens with zero attached hydrogens (tertiary/aromatic N) is 1. The van der Waals surface area contributed by atoms with Crippen LogP contribution in [0.3, 0.4) is 0 Å². The third kappa shape index (κ3) is 3.98. The van der Waals surface area contributed by atoms with Gasteiger partial charge in [0.15, 0.2) is 6.10 Å². The van der Waals surface area contributed by atoms with Gasteiger partial charge in [0.1, 0.15) is 16.8 Å². The number of rotatable bonds is 4. The molecule has 2 atom stereocenters. The number of carbonyl (C=O) groups is 1. The summed E-state index contributed by atoms with van der Waals surface area (Å²) in [5, 5.41) is 13.8. The summed E-state index contributed by atoms with van der Waals surface area (Å²) < 4.78 is 5.65. The Hall–Kier alpha value is -1.74. The summed E-state index contributed by atoms with van der Waals surface area (Å²) in [6, 6.07) is 7.08. The zero-order chi connectivity index (χ0) is 18.8. The normalized spacial score (nSPS) is 17.1. The van der Waals surface area contributed by atoms with E-state index in [1.165, 1.54) is 16.2 Å². The van der Waals surface area contributed by atoms with Crippen molar-refractivity contribution in [1.82, 2.24) is 0 Å². The molecule has 0 saturated heterocycles. The lowest BCUT2D eigenvalue weighted by Gasteiger charge is -2.17. The van der Waals surface area contributed by atoms with E-state index in [1.54, 1.807) is 25.1 Å². The number of ether oxygens (including phenoxy) is 1. The molecule has 1 aliphatic carbocycles. The third-order valence-corrected chi connectivity index (χ3v) is 6.13. The topological polar surface area (TPSA) is 62.1 Å². The summed E-state index contributed by atoms with van der Waals surface area (Å²) in [6.07, 6.45) is 2.15. The van der Waals surface area contributed by atoms with Crippen LogP contribution in [0.25, 0.3) is 0 Å². The number of amides is 1. The largest absolute Gasteiger partial charge is 0.479 e. The first-order valence-electron chi connectivity index (χ1n) is 8.36. The van der Waals surface area contributed by atoms with Gasteiger partial charge in [-0.05, 0) is 55.9 Å². The SMILES string of the molecule is C[C@H]1CCc2c(sc(NC(=O)[C@@H](C)Oc3ccc(Cl)cc3Cl)c2C#N)C1. The minimum Gasteiger partial charge on any atom is -0.479 e. The molecular weight excluding hydrogens is 391 g/mol. The van der Waals surface area contributed by atoms with Crippen LogP contribution < -0.4 is 10.1 Å². The second-order valence-electron chi connectivity index (χ2n) is 6.49. The highest BCUT2D eigenvalue weighted by Gasteiger charge is 2.26. The van der Waals surface area contributed by atoms with Gasteiger partial charge in [-0.25, -0.2) is 0 Å². The van der Waals surface area contributed by atoms with Crippen LogP contribution in [0.2, 0.25) is 10.0 Å².